The third-order valence-electron chi connectivity index (χ3n) is 8.17. The Morgan fingerprint density at radius 1 is 0.865 bits per heavy atom. The molecule has 0 radical (unpaired) electrons. The molecular formula is C32H33NO4. The van der Waals surface area contributed by atoms with E-state index in [4.69, 9.17) is 14.2 Å². The number of carbonyl (C=O) groups is 1. The Morgan fingerprint density at radius 3 is 2.14 bits per heavy atom. The first-order valence-corrected chi connectivity index (χ1v) is 13.2. The van der Waals surface area contributed by atoms with Crippen LogP contribution in [0.3, 0.4) is 0 Å². The van der Waals surface area contributed by atoms with E-state index in [1.54, 1.807) is 14.2 Å². The Labute approximate surface area is 218 Å². The minimum absolute atomic E-state index is 0.0368. The topological polar surface area (TPSA) is 48.0 Å². The molecule has 2 aliphatic heterocycles. The third kappa shape index (κ3) is 4.26. The molecule has 2 heterocycles. The van der Waals surface area contributed by atoms with E-state index < -0.39 is 6.29 Å². The number of benzene rings is 3. The van der Waals surface area contributed by atoms with Gasteiger partial charge in [-0.05, 0) is 59.1 Å². The summed E-state index contributed by atoms with van der Waals surface area (Å²) in [6, 6.07) is 25.3. The van der Waals surface area contributed by atoms with Gasteiger partial charge in [-0.1, -0.05) is 78.9 Å². The summed E-state index contributed by atoms with van der Waals surface area (Å²) in [7, 11) is 3.32. The van der Waals surface area contributed by atoms with Gasteiger partial charge in [0.1, 0.15) is 6.61 Å². The van der Waals surface area contributed by atoms with Gasteiger partial charge in [-0.3, -0.25) is 4.90 Å². The molecule has 1 amide bonds. The summed E-state index contributed by atoms with van der Waals surface area (Å²) in [6.45, 7) is 0.353. The van der Waals surface area contributed by atoms with Crippen LogP contribution in [0.1, 0.15) is 60.1 Å². The van der Waals surface area contributed by atoms with Gasteiger partial charge >= 0.3 is 6.09 Å². The molecular weight excluding hydrogens is 462 g/mol. The van der Waals surface area contributed by atoms with Gasteiger partial charge in [-0.15, -0.1) is 0 Å². The second-order valence-electron chi connectivity index (χ2n) is 10.1. The van der Waals surface area contributed by atoms with Crippen LogP contribution in [0.25, 0.3) is 16.7 Å². The zero-order valence-electron chi connectivity index (χ0n) is 21.4. The summed E-state index contributed by atoms with van der Waals surface area (Å²) in [5.74, 6) is 0.0685. The van der Waals surface area contributed by atoms with Crippen molar-refractivity contribution in [2.75, 3.05) is 20.8 Å². The molecule has 2 bridgehead atoms. The number of nitrogens with zero attached hydrogens (tertiary/aromatic N) is 1. The van der Waals surface area contributed by atoms with Crippen LogP contribution in [0.15, 0.2) is 78.9 Å². The number of hydrogen-bond acceptors (Lipinski definition) is 4. The number of rotatable bonds is 6. The zero-order chi connectivity index (χ0) is 25.4. The molecule has 3 aromatic carbocycles. The molecule has 2 unspecified atom stereocenters. The van der Waals surface area contributed by atoms with Crippen LogP contribution in [0.5, 0.6) is 0 Å². The SMILES string of the molecule is COC(OC)c1ccccc1C1=CC2CCCC(C1)N2C(=O)OCC1c2ccccc2-c2ccccc21. The highest BCUT2D eigenvalue weighted by atomic mass is 16.7. The Hall–Kier alpha value is -3.41. The standard InChI is InChI=1S/C32H33NO4/c1-35-31(36-2)29-17-8-3-12-24(29)21-18-22-10-9-11-23(19-21)33(22)32(34)37-20-30-27-15-6-4-13-25(27)26-14-5-7-16-28(26)30/h3-8,12-18,22-23,30-31H,9-11,19-20H2,1-2H3. The van der Waals surface area contributed by atoms with E-state index in [9.17, 15) is 4.79 Å². The first-order chi connectivity index (χ1) is 18.2. The molecule has 3 aliphatic rings. The highest BCUT2D eigenvalue weighted by Crippen LogP contribution is 2.45. The fourth-order valence-electron chi connectivity index (χ4n) is 6.53. The Balaban J connectivity index is 1.23. The quantitative estimate of drug-likeness (QED) is 0.348. The van der Waals surface area contributed by atoms with E-state index in [2.05, 4.69) is 72.8 Å². The molecule has 5 nitrogen and oxygen atoms in total. The largest absolute Gasteiger partial charge is 0.448 e. The van der Waals surface area contributed by atoms with Crippen molar-refractivity contribution in [2.45, 2.75) is 50.0 Å². The fourth-order valence-corrected chi connectivity index (χ4v) is 6.53. The maximum atomic E-state index is 13.5. The van der Waals surface area contributed by atoms with Crippen molar-refractivity contribution < 1.29 is 19.0 Å². The number of hydrogen-bond donors (Lipinski definition) is 0. The van der Waals surface area contributed by atoms with Gasteiger partial charge in [0.2, 0.25) is 0 Å². The van der Waals surface area contributed by atoms with Crippen LogP contribution in [0.4, 0.5) is 4.79 Å². The molecule has 2 atom stereocenters. The van der Waals surface area contributed by atoms with Crippen LogP contribution in [-0.2, 0) is 14.2 Å². The van der Waals surface area contributed by atoms with Crippen molar-refractivity contribution in [3.63, 3.8) is 0 Å². The van der Waals surface area contributed by atoms with E-state index in [0.717, 1.165) is 36.8 Å². The normalized spacial score (nSPS) is 20.4. The van der Waals surface area contributed by atoms with E-state index >= 15 is 0 Å². The molecule has 6 rings (SSSR count). The third-order valence-corrected chi connectivity index (χ3v) is 8.17. The van der Waals surface area contributed by atoms with Crippen LogP contribution in [-0.4, -0.2) is 43.9 Å². The van der Waals surface area contributed by atoms with Gasteiger partial charge in [0.15, 0.2) is 6.29 Å². The lowest BCUT2D eigenvalue weighted by Crippen LogP contribution is -2.52. The minimum Gasteiger partial charge on any atom is -0.448 e. The van der Waals surface area contributed by atoms with Crippen molar-refractivity contribution in [3.05, 3.63) is 101 Å². The predicted molar refractivity (Wildman–Crippen MR) is 144 cm³/mol. The predicted octanol–water partition coefficient (Wildman–Crippen LogP) is 6.94. The number of methoxy groups -OCH3 is 2. The molecule has 190 valence electrons. The van der Waals surface area contributed by atoms with Gasteiger partial charge in [-0.2, -0.15) is 0 Å². The number of piperidine rings is 1. The number of amides is 1. The average molecular weight is 496 g/mol. The first-order valence-electron chi connectivity index (χ1n) is 13.2. The van der Waals surface area contributed by atoms with Crippen molar-refractivity contribution >= 4 is 11.7 Å². The average Bonchev–Trinajstić information content (AvgIpc) is 3.25. The molecule has 1 fully saturated rings. The van der Waals surface area contributed by atoms with Crippen LogP contribution < -0.4 is 0 Å². The molecule has 5 heteroatoms. The summed E-state index contributed by atoms with van der Waals surface area (Å²) in [5, 5.41) is 0. The van der Waals surface area contributed by atoms with Crippen molar-refractivity contribution in [3.8, 4) is 11.1 Å². The summed E-state index contributed by atoms with van der Waals surface area (Å²) in [6.07, 6.45) is 5.50. The zero-order valence-corrected chi connectivity index (χ0v) is 21.4. The Bertz CT molecular complexity index is 1280. The molecule has 1 saturated heterocycles. The highest BCUT2D eigenvalue weighted by Gasteiger charge is 2.39. The molecule has 0 aromatic heterocycles. The monoisotopic (exact) mass is 495 g/mol. The number of ether oxygens (including phenoxy) is 3. The lowest BCUT2D eigenvalue weighted by molar-refractivity contribution is -0.106. The summed E-state index contributed by atoms with van der Waals surface area (Å²) in [5.41, 5.74) is 8.37. The van der Waals surface area contributed by atoms with Gasteiger partial charge in [0, 0.05) is 31.7 Å². The summed E-state index contributed by atoms with van der Waals surface area (Å²) < 4.78 is 17.2. The fraction of sp³-hybridized carbons (Fsp3) is 0.344. The summed E-state index contributed by atoms with van der Waals surface area (Å²) in [4.78, 5) is 15.5. The summed E-state index contributed by atoms with van der Waals surface area (Å²) >= 11 is 0. The maximum absolute atomic E-state index is 13.5. The van der Waals surface area contributed by atoms with E-state index in [1.165, 1.54) is 27.8 Å². The second-order valence-corrected chi connectivity index (χ2v) is 10.1. The van der Waals surface area contributed by atoms with Gasteiger partial charge in [0.05, 0.1) is 6.04 Å². The maximum Gasteiger partial charge on any atom is 0.410 e. The van der Waals surface area contributed by atoms with Crippen LogP contribution >= 0.6 is 0 Å². The van der Waals surface area contributed by atoms with Crippen molar-refractivity contribution in [1.29, 1.82) is 0 Å². The van der Waals surface area contributed by atoms with Gasteiger partial charge < -0.3 is 14.2 Å². The lowest BCUT2D eigenvalue weighted by atomic mass is 9.82. The minimum atomic E-state index is -0.419. The first kappa shape index (κ1) is 24.0. The van der Waals surface area contributed by atoms with E-state index in [1.807, 2.05) is 11.0 Å². The van der Waals surface area contributed by atoms with E-state index in [-0.39, 0.29) is 24.1 Å². The van der Waals surface area contributed by atoms with Gasteiger partial charge in [0.25, 0.3) is 0 Å². The Morgan fingerprint density at radius 2 is 1.49 bits per heavy atom. The molecule has 0 saturated carbocycles. The van der Waals surface area contributed by atoms with Crippen molar-refractivity contribution in [1.82, 2.24) is 4.90 Å². The molecule has 3 aromatic rings. The van der Waals surface area contributed by atoms with Crippen LogP contribution in [0, 0.1) is 0 Å². The lowest BCUT2D eigenvalue weighted by Gasteiger charge is -2.44. The molecule has 0 N–H and O–H groups in total. The second kappa shape index (κ2) is 10.2. The smallest absolute Gasteiger partial charge is 0.410 e. The number of carbonyl (C=O) groups excluding carboxylic acids is 1. The Kier molecular flexibility index (Phi) is 6.58. The number of fused-ring (bicyclic) bond motifs is 5. The van der Waals surface area contributed by atoms with E-state index in [0.29, 0.717) is 6.61 Å². The molecule has 1 aliphatic carbocycles. The molecule has 0 spiro atoms. The molecule has 37 heavy (non-hydrogen) atoms. The highest BCUT2D eigenvalue weighted by molar-refractivity contribution is 5.79. The van der Waals surface area contributed by atoms with Gasteiger partial charge in [-0.25, -0.2) is 4.79 Å². The van der Waals surface area contributed by atoms with Crippen molar-refractivity contribution in [2.24, 2.45) is 0 Å². The van der Waals surface area contributed by atoms with Crippen LogP contribution in [0.2, 0.25) is 0 Å².